The number of hydrogen-bond acceptors (Lipinski definition) is 2. The molecule has 128 valence electrons. The quantitative estimate of drug-likeness (QED) is 0.832. The van der Waals surface area contributed by atoms with Gasteiger partial charge in [0, 0.05) is 24.2 Å². The first-order valence-corrected chi connectivity index (χ1v) is 8.34. The molecular formula is C20H17F2NO2. The SMILES string of the molecule is O=C(C1=C(c2ccc(F)cc2)c2cc(F)ccc2OC1)N1CCCC1. The molecule has 2 aliphatic rings. The number of carbonyl (C=O) groups is 1. The first-order chi connectivity index (χ1) is 12.1. The van der Waals surface area contributed by atoms with Crippen LogP contribution < -0.4 is 4.74 Å². The maximum Gasteiger partial charge on any atom is 0.253 e. The van der Waals surface area contributed by atoms with E-state index in [1.165, 1.54) is 24.3 Å². The third kappa shape index (κ3) is 2.90. The number of halogens is 2. The van der Waals surface area contributed by atoms with E-state index in [1.54, 1.807) is 23.1 Å². The van der Waals surface area contributed by atoms with Crippen LogP contribution in [0, 0.1) is 11.6 Å². The molecule has 25 heavy (non-hydrogen) atoms. The molecule has 0 N–H and O–H groups in total. The van der Waals surface area contributed by atoms with Gasteiger partial charge in [0.05, 0.1) is 5.57 Å². The molecule has 0 saturated carbocycles. The van der Waals surface area contributed by atoms with E-state index in [1.807, 2.05) is 0 Å². The van der Waals surface area contributed by atoms with Crippen LogP contribution in [-0.2, 0) is 4.79 Å². The summed E-state index contributed by atoms with van der Waals surface area (Å²) in [6, 6.07) is 10.2. The highest BCUT2D eigenvalue weighted by Gasteiger charge is 2.30. The van der Waals surface area contributed by atoms with Crippen molar-refractivity contribution in [2.45, 2.75) is 12.8 Å². The molecule has 2 aromatic rings. The van der Waals surface area contributed by atoms with Gasteiger partial charge in [-0.3, -0.25) is 4.79 Å². The van der Waals surface area contributed by atoms with Crippen molar-refractivity contribution in [1.82, 2.24) is 4.90 Å². The van der Waals surface area contributed by atoms with Gasteiger partial charge >= 0.3 is 0 Å². The van der Waals surface area contributed by atoms with E-state index < -0.39 is 5.82 Å². The van der Waals surface area contributed by atoms with Crippen molar-refractivity contribution in [2.75, 3.05) is 19.7 Å². The Balaban J connectivity index is 1.89. The number of rotatable bonds is 2. The van der Waals surface area contributed by atoms with E-state index in [4.69, 9.17) is 4.74 Å². The lowest BCUT2D eigenvalue weighted by Gasteiger charge is -2.26. The Kier molecular flexibility index (Phi) is 3.99. The fourth-order valence-corrected chi connectivity index (χ4v) is 3.43. The highest BCUT2D eigenvalue weighted by molar-refractivity contribution is 6.06. The molecule has 5 heteroatoms. The third-order valence-electron chi connectivity index (χ3n) is 4.67. The number of fused-ring (bicyclic) bond motifs is 1. The van der Waals surface area contributed by atoms with Gasteiger partial charge in [0.1, 0.15) is 24.0 Å². The van der Waals surface area contributed by atoms with E-state index >= 15 is 0 Å². The maximum atomic E-state index is 13.8. The monoisotopic (exact) mass is 341 g/mol. The molecule has 0 aliphatic carbocycles. The zero-order valence-electron chi connectivity index (χ0n) is 13.6. The summed E-state index contributed by atoms with van der Waals surface area (Å²) in [4.78, 5) is 14.8. The zero-order chi connectivity index (χ0) is 17.4. The predicted molar refractivity (Wildman–Crippen MR) is 90.1 cm³/mol. The largest absolute Gasteiger partial charge is 0.488 e. The molecule has 1 fully saturated rings. The molecule has 1 saturated heterocycles. The number of nitrogens with zero attached hydrogens (tertiary/aromatic N) is 1. The Morgan fingerprint density at radius 1 is 0.960 bits per heavy atom. The van der Waals surface area contributed by atoms with Crippen molar-refractivity contribution in [3.8, 4) is 5.75 Å². The number of carbonyl (C=O) groups excluding carboxylic acids is 1. The van der Waals surface area contributed by atoms with Gasteiger partial charge in [0.15, 0.2) is 0 Å². The minimum atomic E-state index is -0.406. The van der Waals surface area contributed by atoms with Crippen molar-refractivity contribution in [3.05, 3.63) is 70.8 Å². The van der Waals surface area contributed by atoms with E-state index in [-0.39, 0.29) is 18.3 Å². The molecule has 3 nitrogen and oxygen atoms in total. The number of benzene rings is 2. The summed E-state index contributed by atoms with van der Waals surface area (Å²) in [5.74, 6) is -0.328. The summed E-state index contributed by atoms with van der Waals surface area (Å²) in [5, 5.41) is 0. The zero-order valence-corrected chi connectivity index (χ0v) is 13.6. The van der Waals surface area contributed by atoms with Gasteiger partial charge in [-0.2, -0.15) is 0 Å². The lowest BCUT2D eigenvalue weighted by molar-refractivity contribution is -0.126. The minimum absolute atomic E-state index is 0.0910. The molecule has 1 amide bonds. The second-order valence-corrected chi connectivity index (χ2v) is 6.29. The van der Waals surface area contributed by atoms with Gasteiger partial charge < -0.3 is 9.64 Å². The first kappa shape index (κ1) is 15.8. The van der Waals surface area contributed by atoms with E-state index in [0.29, 0.717) is 28.0 Å². The highest BCUT2D eigenvalue weighted by Crippen LogP contribution is 2.38. The molecule has 0 unspecified atom stereocenters. The van der Waals surface area contributed by atoms with Crippen LogP contribution in [0.25, 0.3) is 5.57 Å². The molecule has 2 aromatic carbocycles. The van der Waals surface area contributed by atoms with Crippen LogP contribution in [0.4, 0.5) is 8.78 Å². The first-order valence-electron chi connectivity index (χ1n) is 8.34. The van der Waals surface area contributed by atoms with Gasteiger partial charge in [-0.15, -0.1) is 0 Å². The lowest BCUT2D eigenvalue weighted by atomic mass is 9.90. The molecule has 4 rings (SSSR count). The average molecular weight is 341 g/mol. The Hall–Kier alpha value is -2.69. The Bertz CT molecular complexity index is 852. The molecule has 2 aliphatic heterocycles. The Morgan fingerprint density at radius 3 is 2.36 bits per heavy atom. The standard InChI is InChI=1S/C20H17F2NO2/c21-14-5-3-13(4-6-14)19-16-11-15(22)7-8-18(16)25-12-17(19)20(24)23-9-1-2-10-23/h3-8,11H,1-2,9-10,12H2. The molecule has 0 atom stereocenters. The third-order valence-corrected chi connectivity index (χ3v) is 4.67. The molecular weight excluding hydrogens is 324 g/mol. The van der Waals surface area contributed by atoms with Crippen molar-refractivity contribution in [2.24, 2.45) is 0 Å². The fourth-order valence-electron chi connectivity index (χ4n) is 3.43. The van der Waals surface area contributed by atoms with Gasteiger partial charge in [-0.1, -0.05) is 12.1 Å². The number of amides is 1. The summed E-state index contributed by atoms with van der Waals surface area (Å²) in [7, 11) is 0. The highest BCUT2D eigenvalue weighted by atomic mass is 19.1. The number of likely N-dealkylation sites (tertiary alicyclic amines) is 1. The summed E-state index contributed by atoms with van der Waals surface area (Å²) in [6.45, 7) is 1.56. The maximum absolute atomic E-state index is 13.8. The summed E-state index contributed by atoms with van der Waals surface area (Å²) in [5.41, 5.74) is 2.32. The topological polar surface area (TPSA) is 29.5 Å². The average Bonchev–Trinajstić information content (AvgIpc) is 3.15. The van der Waals surface area contributed by atoms with Crippen LogP contribution in [0.2, 0.25) is 0 Å². The smallest absolute Gasteiger partial charge is 0.253 e. The van der Waals surface area contributed by atoms with Crippen molar-refractivity contribution < 1.29 is 18.3 Å². The molecule has 0 bridgehead atoms. The number of ether oxygens (including phenoxy) is 1. The van der Waals surface area contributed by atoms with E-state index in [9.17, 15) is 13.6 Å². The van der Waals surface area contributed by atoms with E-state index in [2.05, 4.69) is 0 Å². The van der Waals surface area contributed by atoms with Crippen molar-refractivity contribution in [1.29, 1.82) is 0 Å². The number of hydrogen-bond donors (Lipinski definition) is 0. The predicted octanol–water partition coefficient (Wildman–Crippen LogP) is 3.78. The van der Waals surface area contributed by atoms with Crippen molar-refractivity contribution >= 4 is 11.5 Å². The van der Waals surface area contributed by atoms with Gasteiger partial charge in [0.2, 0.25) is 0 Å². The van der Waals surface area contributed by atoms with Crippen LogP contribution in [0.3, 0.4) is 0 Å². The summed E-state index contributed by atoms with van der Waals surface area (Å²) >= 11 is 0. The van der Waals surface area contributed by atoms with Crippen molar-refractivity contribution in [3.63, 3.8) is 0 Å². The molecule has 0 aromatic heterocycles. The molecule has 0 spiro atoms. The lowest BCUT2D eigenvalue weighted by Crippen LogP contribution is -2.33. The Morgan fingerprint density at radius 2 is 1.64 bits per heavy atom. The van der Waals surface area contributed by atoms with E-state index in [0.717, 1.165) is 25.9 Å². The summed E-state index contributed by atoms with van der Waals surface area (Å²) < 4.78 is 32.9. The van der Waals surface area contributed by atoms with Gasteiger partial charge in [-0.25, -0.2) is 8.78 Å². The van der Waals surface area contributed by atoms with Crippen LogP contribution in [0.15, 0.2) is 48.0 Å². The van der Waals surface area contributed by atoms with Crippen LogP contribution >= 0.6 is 0 Å². The van der Waals surface area contributed by atoms with Crippen LogP contribution in [0.1, 0.15) is 24.0 Å². The Labute approximate surface area is 144 Å². The van der Waals surface area contributed by atoms with Gasteiger partial charge in [-0.05, 0) is 48.7 Å². The van der Waals surface area contributed by atoms with Gasteiger partial charge in [0.25, 0.3) is 5.91 Å². The molecule has 2 heterocycles. The fraction of sp³-hybridized carbons (Fsp3) is 0.250. The second-order valence-electron chi connectivity index (χ2n) is 6.29. The van der Waals surface area contributed by atoms with Crippen LogP contribution in [0.5, 0.6) is 5.75 Å². The van der Waals surface area contributed by atoms with Crippen LogP contribution in [-0.4, -0.2) is 30.5 Å². The minimum Gasteiger partial charge on any atom is -0.488 e. The second kappa shape index (κ2) is 6.31. The normalized spacial score (nSPS) is 16.6. The molecule has 0 radical (unpaired) electrons. The summed E-state index contributed by atoms with van der Waals surface area (Å²) in [6.07, 6.45) is 1.97.